The van der Waals surface area contributed by atoms with E-state index in [-0.39, 0.29) is 5.41 Å². The van der Waals surface area contributed by atoms with E-state index in [9.17, 15) is 0 Å². The van der Waals surface area contributed by atoms with Crippen molar-refractivity contribution in [2.45, 2.75) is 39.8 Å². The molecule has 1 rings (SSSR count). The minimum absolute atomic E-state index is 0.216. The third kappa shape index (κ3) is 5.29. The Morgan fingerprint density at radius 1 is 1.29 bits per heavy atom. The SMILES string of the molecule is CC(C)(C)C(CCCl)NCc1cccc(Cl)c1. The highest BCUT2D eigenvalue weighted by atomic mass is 35.5. The summed E-state index contributed by atoms with van der Waals surface area (Å²) >= 11 is 11.8. The molecule has 0 aliphatic carbocycles. The molecule has 17 heavy (non-hydrogen) atoms. The quantitative estimate of drug-likeness (QED) is 0.781. The van der Waals surface area contributed by atoms with Gasteiger partial charge in [-0.3, -0.25) is 0 Å². The Bertz CT molecular complexity index is 344. The highest BCUT2D eigenvalue weighted by molar-refractivity contribution is 6.30. The molecular weight excluding hydrogens is 253 g/mol. The molecule has 0 aliphatic heterocycles. The predicted molar refractivity (Wildman–Crippen MR) is 76.9 cm³/mol. The van der Waals surface area contributed by atoms with E-state index >= 15 is 0 Å². The van der Waals surface area contributed by atoms with Gasteiger partial charge < -0.3 is 5.32 Å². The van der Waals surface area contributed by atoms with E-state index < -0.39 is 0 Å². The number of alkyl halides is 1. The summed E-state index contributed by atoms with van der Waals surface area (Å²) in [5, 5.41) is 4.35. The van der Waals surface area contributed by atoms with Crippen LogP contribution in [0.25, 0.3) is 0 Å². The molecule has 1 atom stereocenters. The Morgan fingerprint density at radius 2 is 2.00 bits per heavy atom. The topological polar surface area (TPSA) is 12.0 Å². The summed E-state index contributed by atoms with van der Waals surface area (Å²) in [5.41, 5.74) is 1.43. The van der Waals surface area contributed by atoms with Crippen LogP contribution in [-0.2, 0) is 6.54 Å². The zero-order valence-corrected chi connectivity index (χ0v) is 12.3. The second-order valence-corrected chi connectivity index (χ2v) is 6.22. The van der Waals surface area contributed by atoms with E-state index in [0.29, 0.717) is 11.9 Å². The van der Waals surface area contributed by atoms with E-state index in [1.54, 1.807) is 0 Å². The summed E-state index contributed by atoms with van der Waals surface area (Å²) in [6.07, 6.45) is 0.978. The molecule has 0 aromatic heterocycles. The molecule has 96 valence electrons. The van der Waals surface area contributed by atoms with Gasteiger partial charge in [-0.25, -0.2) is 0 Å². The van der Waals surface area contributed by atoms with Gasteiger partial charge in [-0.05, 0) is 29.5 Å². The zero-order valence-electron chi connectivity index (χ0n) is 10.8. The van der Waals surface area contributed by atoms with Gasteiger partial charge in [-0.2, -0.15) is 0 Å². The van der Waals surface area contributed by atoms with Crippen LogP contribution in [0.15, 0.2) is 24.3 Å². The first-order valence-electron chi connectivity index (χ1n) is 5.97. The molecule has 0 radical (unpaired) electrons. The molecule has 0 heterocycles. The lowest BCUT2D eigenvalue weighted by Crippen LogP contribution is -2.40. The van der Waals surface area contributed by atoms with Crippen molar-refractivity contribution in [3.8, 4) is 0 Å². The molecule has 0 fully saturated rings. The number of halogens is 2. The molecule has 0 aliphatic rings. The van der Waals surface area contributed by atoms with Gasteiger partial charge in [0.2, 0.25) is 0 Å². The molecule has 0 amide bonds. The molecule has 0 saturated carbocycles. The maximum atomic E-state index is 5.96. The van der Waals surface area contributed by atoms with Crippen LogP contribution in [0.2, 0.25) is 5.02 Å². The molecule has 3 heteroatoms. The fraction of sp³-hybridized carbons (Fsp3) is 0.571. The number of nitrogens with one attached hydrogen (secondary N) is 1. The summed E-state index contributed by atoms with van der Waals surface area (Å²) in [7, 11) is 0. The number of benzene rings is 1. The van der Waals surface area contributed by atoms with Gasteiger partial charge in [0.25, 0.3) is 0 Å². The molecule has 1 N–H and O–H groups in total. The number of hydrogen-bond acceptors (Lipinski definition) is 1. The summed E-state index contributed by atoms with van der Waals surface area (Å²) in [6.45, 7) is 7.53. The van der Waals surface area contributed by atoms with Gasteiger partial charge in [-0.1, -0.05) is 44.5 Å². The Kier molecular flexibility index (Phi) is 5.78. The summed E-state index contributed by atoms with van der Waals surface area (Å²) in [4.78, 5) is 0. The lowest BCUT2D eigenvalue weighted by molar-refractivity contribution is 0.260. The zero-order chi connectivity index (χ0) is 12.9. The molecule has 1 aromatic carbocycles. The molecular formula is C14H21Cl2N. The fourth-order valence-electron chi connectivity index (χ4n) is 1.84. The third-order valence-electron chi connectivity index (χ3n) is 2.88. The average Bonchev–Trinajstić information content (AvgIpc) is 2.22. The highest BCUT2D eigenvalue weighted by Gasteiger charge is 2.23. The van der Waals surface area contributed by atoms with E-state index in [2.05, 4.69) is 32.2 Å². The molecule has 1 aromatic rings. The van der Waals surface area contributed by atoms with Gasteiger partial charge in [-0.15, -0.1) is 11.6 Å². The molecule has 0 bridgehead atoms. The Balaban J connectivity index is 2.58. The minimum Gasteiger partial charge on any atom is -0.309 e. The van der Waals surface area contributed by atoms with E-state index in [1.807, 2.05) is 18.2 Å². The first-order chi connectivity index (χ1) is 7.93. The standard InChI is InChI=1S/C14H21Cl2N/c1-14(2,3)13(7-8-15)17-10-11-5-4-6-12(16)9-11/h4-6,9,13,17H,7-8,10H2,1-3H3. The lowest BCUT2D eigenvalue weighted by Gasteiger charge is -2.31. The Labute approximate surface area is 115 Å². The summed E-state index contributed by atoms with van der Waals surface area (Å²) in [6, 6.07) is 8.37. The summed E-state index contributed by atoms with van der Waals surface area (Å²) < 4.78 is 0. The average molecular weight is 274 g/mol. The van der Waals surface area contributed by atoms with Crippen LogP contribution in [0.5, 0.6) is 0 Å². The lowest BCUT2D eigenvalue weighted by atomic mass is 9.85. The number of rotatable bonds is 5. The normalized spacial score (nSPS) is 13.7. The third-order valence-corrected chi connectivity index (χ3v) is 3.34. The largest absolute Gasteiger partial charge is 0.309 e. The van der Waals surface area contributed by atoms with E-state index in [4.69, 9.17) is 23.2 Å². The Morgan fingerprint density at radius 3 is 2.53 bits per heavy atom. The van der Waals surface area contributed by atoms with Crippen molar-refractivity contribution in [1.82, 2.24) is 5.32 Å². The van der Waals surface area contributed by atoms with Crippen LogP contribution in [0.3, 0.4) is 0 Å². The van der Waals surface area contributed by atoms with Crippen molar-refractivity contribution in [1.29, 1.82) is 0 Å². The fourth-order valence-corrected chi connectivity index (χ4v) is 2.27. The smallest absolute Gasteiger partial charge is 0.0409 e. The van der Waals surface area contributed by atoms with Crippen molar-refractivity contribution in [3.05, 3.63) is 34.9 Å². The van der Waals surface area contributed by atoms with Gasteiger partial charge in [0.05, 0.1) is 0 Å². The van der Waals surface area contributed by atoms with E-state index in [0.717, 1.165) is 18.0 Å². The minimum atomic E-state index is 0.216. The molecule has 0 spiro atoms. The van der Waals surface area contributed by atoms with Crippen LogP contribution < -0.4 is 5.32 Å². The van der Waals surface area contributed by atoms with E-state index in [1.165, 1.54) is 5.56 Å². The first-order valence-corrected chi connectivity index (χ1v) is 6.88. The van der Waals surface area contributed by atoms with Crippen molar-refractivity contribution >= 4 is 23.2 Å². The van der Waals surface area contributed by atoms with Gasteiger partial charge in [0.1, 0.15) is 0 Å². The first kappa shape index (κ1) is 14.8. The second kappa shape index (κ2) is 6.63. The maximum Gasteiger partial charge on any atom is 0.0409 e. The number of hydrogen-bond donors (Lipinski definition) is 1. The van der Waals surface area contributed by atoms with Crippen molar-refractivity contribution < 1.29 is 0 Å². The molecule has 0 saturated heterocycles. The predicted octanol–water partition coefficient (Wildman–Crippen LogP) is 4.47. The van der Waals surface area contributed by atoms with Crippen LogP contribution in [0, 0.1) is 5.41 Å². The van der Waals surface area contributed by atoms with Crippen molar-refractivity contribution in [2.75, 3.05) is 5.88 Å². The van der Waals surface area contributed by atoms with Gasteiger partial charge in [0, 0.05) is 23.5 Å². The van der Waals surface area contributed by atoms with Crippen LogP contribution in [-0.4, -0.2) is 11.9 Å². The monoisotopic (exact) mass is 273 g/mol. The maximum absolute atomic E-state index is 5.96. The Hall–Kier alpha value is -0.240. The molecule has 1 nitrogen and oxygen atoms in total. The molecule has 1 unspecified atom stereocenters. The van der Waals surface area contributed by atoms with Crippen molar-refractivity contribution in [3.63, 3.8) is 0 Å². The van der Waals surface area contributed by atoms with Crippen molar-refractivity contribution in [2.24, 2.45) is 5.41 Å². The second-order valence-electron chi connectivity index (χ2n) is 5.41. The highest BCUT2D eigenvalue weighted by Crippen LogP contribution is 2.22. The van der Waals surface area contributed by atoms with Crippen LogP contribution in [0.4, 0.5) is 0 Å². The van der Waals surface area contributed by atoms with Crippen LogP contribution >= 0.6 is 23.2 Å². The van der Waals surface area contributed by atoms with Gasteiger partial charge in [0.15, 0.2) is 0 Å². The van der Waals surface area contributed by atoms with Crippen LogP contribution in [0.1, 0.15) is 32.8 Å². The summed E-state index contributed by atoms with van der Waals surface area (Å²) in [5.74, 6) is 0.685. The van der Waals surface area contributed by atoms with Gasteiger partial charge >= 0.3 is 0 Å².